The van der Waals surface area contributed by atoms with Gasteiger partial charge in [-0.25, -0.2) is 0 Å². The fraction of sp³-hybridized carbons (Fsp3) is 0.833. The molecule has 6 nitrogen and oxygen atoms in total. The second kappa shape index (κ2) is 6.26. The number of ether oxygens (including phenoxy) is 1. The number of aromatic nitrogens is 2. The lowest BCUT2D eigenvalue weighted by molar-refractivity contribution is 0.0555. The third-order valence-corrected chi connectivity index (χ3v) is 3.17. The van der Waals surface area contributed by atoms with Crippen LogP contribution in [-0.2, 0) is 11.3 Å². The first kappa shape index (κ1) is 13.5. The summed E-state index contributed by atoms with van der Waals surface area (Å²) in [5, 5.41) is 7.34. The summed E-state index contributed by atoms with van der Waals surface area (Å²) in [5.74, 6) is 1.66. The van der Waals surface area contributed by atoms with Crippen LogP contribution in [0.3, 0.4) is 0 Å². The van der Waals surface area contributed by atoms with Crippen molar-refractivity contribution in [3.05, 3.63) is 11.7 Å². The zero-order chi connectivity index (χ0) is 13.0. The number of nitrogens with zero attached hydrogens (tertiary/aromatic N) is 3. The molecule has 6 heteroatoms. The minimum atomic E-state index is -0.0921. The Morgan fingerprint density at radius 2 is 2.11 bits per heavy atom. The van der Waals surface area contributed by atoms with Gasteiger partial charge >= 0.3 is 0 Å². The Morgan fingerprint density at radius 1 is 1.39 bits per heavy atom. The van der Waals surface area contributed by atoms with Gasteiger partial charge in [-0.15, -0.1) is 0 Å². The summed E-state index contributed by atoms with van der Waals surface area (Å²) < 4.78 is 10.7. The van der Waals surface area contributed by atoms with Gasteiger partial charge in [-0.3, -0.25) is 4.90 Å². The first-order chi connectivity index (χ1) is 8.70. The van der Waals surface area contributed by atoms with Gasteiger partial charge in [0.2, 0.25) is 11.7 Å². The molecule has 0 saturated carbocycles. The zero-order valence-corrected chi connectivity index (χ0v) is 11.3. The lowest BCUT2D eigenvalue weighted by atomic mass is 10.1. The molecular formula is C12H22N4O2. The van der Waals surface area contributed by atoms with Crippen molar-refractivity contribution in [3.8, 4) is 0 Å². The summed E-state index contributed by atoms with van der Waals surface area (Å²) in [4.78, 5) is 6.74. The zero-order valence-electron chi connectivity index (χ0n) is 11.3. The van der Waals surface area contributed by atoms with Crippen molar-refractivity contribution in [3.63, 3.8) is 0 Å². The lowest BCUT2D eigenvalue weighted by Gasteiger charge is -2.25. The Bertz CT molecular complexity index is 361. The van der Waals surface area contributed by atoms with E-state index in [0.29, 0.717) is 17.6 Å². The molecule has 102 valence electrons. The van der Waals surface area contributed by atoms with Gasteiger partial charge in [0.15, 0.2) is 0 Å². The number of nitrogens with one attached hydrogen (secondary N) is 1. The number of hydrogen-bond acceptors (Lipinski definition) is 6. The molecule has 1 saturated heterocycles. The minimum absolute atomic E-state index is 0.0921. The van der Waals surface area contributed by atoms with Crippen LogP contribution in [0.15, 0.2) is 4.52 Å². The third kappa shape index (κ3) is 3.28. The van der Waals surface area contributed by atoms with E-state index in [1.165, 1.54) is 0 Å². The number of methoxy groups -OCH3 is 1. The van der Waals surface area contributed by atoms with Gasteiger partial charge < -0.3 is 14.6 Å². The van der Waals surface area contributed by atoms with Crippen molar-refractivity contribution >= 4 is 0 Å². The van der Waals surface area contributed by atoms with Crippen LogP contribution in [0.25, 0.3) is 0 Å². The average Bonchev–Trinajstić information content (AvgIpc) is 2.79. The molecule has 0 bridgehead atoms. The van der Waals surface area contributed by atoms with Crippen LogP contribution in [0.1, 0.15) is 31.7 Å². The topological polar surface area (TPSA) is 63.4 Å². The van der Waals surface area contributed by atoms with Crippen LogP contribution in [0.5, 0.6) is 0 Å². The number of rotatable bonds is 5. The summed E-state index contributed by atoms with van der Waals surface area (Å²) in [6, 6.07) is 0. The Morgan fingerprint density at radius 3 is 2.72 bits per heavy atom. The van der Waals surface area contributed by atoms with E-state index in [9.17, 15) is 0 Å². The van der Waals surface area contributed by atoms with Crippen LogP contribution < -0.4 is 5.32 Å². The molecule has 1 unspecified atom stereocenters. The maximum atomic E-state index is 5.39. The standard InChI is InChI=1S/C12H22N4O2/c1-9(2)11(17-3)12-14-10(18-15-12)8-16-6-4-13-5-7-16/h9,11,13H,4-8H2,1-3H3. The van der Waals surface area contributed by atoms with Crippen LogP contribution in [0, 0.1) is 5.92 Å². The molecule has 1 aliphatic heterocycles. The molecule has 1 aromatic heterocycles. The van der Waals surface area contributed by atoms with Crippen molar-refractivity contribution in [2.24, 2.45) is 5.92 Å². The summed E-state index contributed by atoms with van der Waals surface area (Å²) >= 11 is 0. The fourth-order valence-electron chi connectivity index (χ4n) is 2.18. The Labute approximate surface area is 108 Å². The Hall–Kier alpha value is -0.980. The lowest BCUT2D eigenvalue weighted by Crippen LogP contribution is -2.42. The number of hydrogen-bond donors (Lipinski definition) is 1. The second-order valence-corrected chi connectivity index (χ2v) is 4.97. The van der Waals surface area contributed by atoms with Crippen LogP contribution in [0.4, 0.5) is 0 Å². The molecule has 1 N–H and O–H groups in total. The third-order valence-electron chi connectivity index (χ3n) is 3.17. The van der Waals surface area contributed by atoms with Crippen molar-refractivity contribution in [1.29, 1.82) is 0 Å². The van der Waals surface area contributed by atoms with Crippen molar-refractivity contribution < 1.29 is 9.26 Å². The highest BCUT2D eigenvalue weighted by atomic mass is 16.5. The molecule has 0 amide bonds. The van der Waals surface area contributed by atoms with E-state index in [1.54, 1.807) is 7.11 Å². The van der Waals surface area contributed by atoms with Gasteiger partial charge in [0, 0.05) is 33.3 Å². The maximum Gasteiger partial charge on any atom is 0.240 e. The Balaban J connectivity index is 1.96. The molecule has 1 fully saturated rings. The van der Waals surface area contributed by atoms with Gasteiger partial charge in [-0.05, 0) is 5.92 Å². The van der Waals surface area contributed by atoms with E-state index in [0.717, 1.165) is 32.7 Å². The first-order valence-electron chi connectivity index (χ1n) is 6.49. The summed E-state index contributed by atoms with van der Waals surface area (Å²) in [7, 11) is 1.68. The quantitative estimate of drug-likeness (QED) is 0.839. The molecule has 1 atom stereocenters. The molecule has 2 heterocycles. The monoisotopic (exact) mass is 254 g/mol. The molecule has 2 rings (SSSR count). The molecule has 0 spiro atoms. The average molecular weight is 254 g/mol. The fourth-order valence-corrected chi connectivity index (χ4v) is 2.18. The first-order valence-corrected chi connectivity index (χ1v) is 6.49. The van der Waals surface area contributed by atoms with Gasteiger partial charge in [-0.1, -0.05) is 19.0 Å². The Kier molecular flexibility index (Phi) is 4.68. The molecule has 1 aromatic rings. The normalized spacial score (nSPS) is 19.3. The minimum Gasteiger partial charge on any atom is -0.373 e. The van der Waals surface area contributed by atoms with E-state index in [-0.39, 0.29) is 6.10 Å². The van der Waals surface area contributed by atoms with E-state index in [1.807, 2.05) is 0 Å². The van der Waals surface area contributed by atoms with Gasteiger partial charge in [-0.2, -0.15) is 4.98 Å². The van der Waals surface area contributed by atoms with Crippen LogP contribution in [-0.4, -0.2) is 48.3 Å². The predicted octanol–water partition coefficient (Wildman–Crippen LogP) is 0.818. The van der Waals surface area contributed by atoms with Crippen LogP contribution >= 0.6 is 0 Å². The van der Waals surface area contributed by atoms with E-state index < -0.39 is 0 Å². The highest BCUT2D eigenvalue weighted by Gasteiger charge is 2.22. The molecule has 0 aliphatic carbocycles. The van der Waals surface area contributed by atoms with Gasteiger partial charge in [0.25, 0.3) is 0 Å². The van der Waals surface area contributed by atoms with Gasteiger partial charge in [0.1, 0.15) is 6.10 Å². The largest absolute Gasteiger partial charge is 0.373 e. The molecule has 18 heavy (non-hydrogen) atoms. The highest BCUT2D eigenvalue weighted by molar-refractivity contribution is 4.93. The van der Waals surface area contributed by atoms with Crippen molar-refractivity contribution in [1.82, 2.24) is 20.4 Å². The number of piperazine rings is 1. The van der Waals surface area contributed by atoms with Crippen molar-refractivity contribution in [2.75, 3.05) is 33.3 Å². The predicted molar refractivity (Wildman–Crippen MR) is 67.0 cm³/mol. The van der Waals surface area contributed by atoms with E-state index >= 15 is 0 Å². The molecule has 0 aromatic carbocycles. The summed E-state index contributed by atoms with van der Waals surface area (Å²) in [6.07, 6.45) is -0.0921. The summed E-state index contributed by atoms with van der Waals surface area (Å²) in [5.41, 5.74) is 0. The molecule has 0 radical (unpaired) electrons. The molecule has 1 aliphatic rings. The smallest absolute Gasteiger partial charge is 0.240 e. The van der Waals surface area contributed by atoms with Crippen molar-refractivity contribution in [2.45, 2.75) is 26.5 Å². The highest BCUT2D eigenvalue weighted by Crippen LogP contribution is 2.22. The maximum absolute atomic E-state index is 5.39. The second-order valence-electron chi connectivity index (χ2n) is 4.97. The summed E-state index contributed by atoms with van der Waals surface area (Å²) in [6.45, 7) is 8.98. The molecular weight excluding hydrogens is 232 g/mol. The van der Waals surface area contributed by atoms with Gasteiger partial charge in [0.05, 0.1) is 6.54 Å². The van der Waals surface area contributed by atoms with Crippen LogP contribution in [0.2, 0.25) is 0 Å². The SMILES string of the molecule is COC(c1noc(CN2CCNCC2)n1)C(C)C. The van der Waals surface area contributed by atoms with E-state index in [4.69, 9.17) is 9.26 Å². The van der Waals surface area contributed by atoms with E-state index in [2.05, 4.69) is 34.2 Å².